The molecule has 2 rings (SSSR count). The second kappa shape index (κ2) is 13.6. The van der Waals surface area contributed by atoms with Crippen molar-refractivity contribution in [2.45, 2.75) is 90.7 Å². The maximum atomic E-state index is 7.54. The first-order valence-electron chi connectivity index (χ1n) is 13.7. The molecule has 208 valence electrons. The molecule has 0 amide bonds. The second-order valence-electron chi connectivity index (χ2n) is 12.5. The van der Waals surface area contributed by atoms with Crippen molar-refractivity contribution < 1.29 is 16.5 Å². The minimum atomic E-state index is -3.20. The fraction of sp³-hybridized carbons (Fsp3) is 0.556. The molecule has 0 heterocycles. The van der Waals surface area contributed by atoms with Gasteiger partial charge in [-0.05, 0) is 88.3 Å². The summed E-state index contributed by atoms with van der Waals surface area (Å²) in [6.45, 7) is 20.8. The Balaban J connectivity index is 2.65. The van der Waals surface area contributed by atoms with Gasteiger partial charge in [0.1, 0.15) is 0 Å². The summed E-state index contributed by atoms with van der Waals surface area (Å²) in [4.78, 5) is 0. The van der Waals surface area contributed by atoms with E-state index in [2.05, 4.69) is 120 Å². The molecule has 2 aromatic rings. The van der Waals surface area contributed by atoms with Gasteiger partial charge < -0.3 is 22.2 Å². The molecule has 0 aliphatic rings. The number of hydrogen-bond donors (Lipinski definition) is 1. The maximum Gasteiger partial charge on any atom is 0.389 e. The highest BCUT2D eigenvalue weighted by molar-refractivity contribution is 7.02. The molecule has 2 aromatic carbocycles. The normalized spacial score (nSPS) is 15.0. The van der Waals surface area contributed by atoms with Crippen LogP contribution < -0.4 is 16.1 Å². The fourth-order valence-corrected chi connectivity index (χ4v) is 28.0. The van der Waals surface area contributed by atoms with Crippen LogP contribution in [0.2, 0.25) is 65.0 Å². The first-order chi connectivity index (χ1) is 17.1. The van der Waals surface area contributed by atoms with E-state index in [0.717, 1.165) is 48.6 Å². The molecule has 0 saturated carbocycles. The van der Waals surface area contributed by atoms with Crippen LogP contribution >= 0.6 is 0 Å². The quantitative estimate of drug-likeness (QED) is 0.184. The van der Waals surface area contributed by atoms with E-state index < -0.39 is 42.3 Å². The molecule has 2 N–H and O–H groups in total. The van der Waals surface area contributed by atoms with Crippen LogP contribution in [-0.2, 0) is 16.5 Å². The standard InChI is InChI=1S/C27H51NO4Si5/c1-33(2,3)29-35(7,8)31-37(26-20-14-12-15-21-26,27-22-16-13-17-23-27)32-36(9,30-34(4,5)6)25-19-11-10-18-24-28/h12-17,20-23H,10-11,18-19,24-25,28H2,1-9H3. The molecule has 0 spiro atoms. The summed E-state index contributed by atoms with van der Waals surface area (Å²) < 4.78 is 28.7. The van der Waals surface area contributed by atoms with Gasteiger partial charge in [-0.2, -0.15) is 0 Å². The summed E-state index contributed by atoms with van der Waals surface area (Å²) in [6, 6.07) is 22.1. The lowest BCUT2D eigenvalue weighted by Gasteiger charge is -2.45. The van der Waals surface area contributed by atoms with Crippen molar-refractivity contribution in [1.29, 1.82) is 0 Å². The Bertz CT molecular complexity index is 896. The minimum Gasteiger partial charge on any atom is -0.437 e. The lowest BCUT2D eigenvalue weighted by molar-refractivity contribution is 0.305. The molecular weight excluding hydrogens is 543 g/mol. The highest BCUT2D eigenvalue weighted by Gasteiger charge is 2.54. The molecule has 0 aromatic heterocycles. The average Bonchev–Trinajstić information content (AvgIpc) is 2.76. The topological polar surface area (TPSA) is 62.9 Å². The Morgan fingerprint density at radius 3 is 1.43 bits per heavy atom. The molecular formula is C27H51NO4Si5. The summed E-state index contributed by atoms with van der Waals surface area (Å²) >= 11 is 0. The van der Waals surface area contributed by atoms with Gasteiger partial charge in [-0.1, -0.05) is 79.9 Å². The smallest absolute Gasteiger partial charge is 0.389 e. The molecule has 37 heavy (non-hydrogen) atoms. The molecule has 0 bridgehead atoms. The Morgan fingerprint density at radius 2 is 1.00 bits per heavy atom. The third-order valence-electron chi connectivity index (χ3n) is 5.72. The second-order valence-corrected chi connectivity index (χ2v) is 32.1. The predicted octanol–water partition coefficient (Wildman–Crippen LogP) is 6.27. The Hall–Kier alpha value is -0.676. The van der Waals surface area contributed by atoms with Crippen LogP contribution in [0.4, 0.5) is 0 Å². The van der Waals surface area contributed by atoms with Gasteiger partial charge in [0.2, 0.25) is 0 Å². The maximum absolute atomic E-state index is 7.54. The van der Waals surface area contributed by atoms with E-state index in [-0.39, 0.29) is 0 Å². The van der Waals surface area contributed by atoms with Crippen molar-refractivity contribution in [3.05, 3.63) is 60.7 Å². The minimum absolute atomic E-state index is 0.749. The third kappa shape index (κ3) is 11.1. The van der Waals surface area contributed by atoms with Crippen LogP contribution in [0.5, 0.6) is 0 Å². The van der Waals surface area contributed by atoms with Crippen molar-refractivity contribution in [2.75, 3.05) is 6.54 Å². The van der Waals surface area contributed by atoms with E-state index in [4.69, 9.17) is 22.2 Å². The first kappa shape index (κ1) is 32.5. The van der Waals surface area contributed by atoms with Gasteiger partial charge in [0, 0.05) is 0 Å². The molecule has 0 radical (unpaired) electrons. The zero-order valence-electron chi connectivity index (χ0n) is 24.7. The predicted molar refractivity (Wildman–Crippen MR) is 170 cm³/mol. The SMILES string of the molecule is C[Si](C)(C)O[Si](C)(C)O[Si](O[Si](C)(CCCCCCN)O[Si](C)(C)C)(c1ccccc1)c1ccccc1. The summed E-state index contributed by atoms with van der Waals surface area (Å²) in [7, 11) is -12.2. The van der Waals surface area contributed by atoms with Crippen LogP contribution in [-0.4, -0.2) is 48.9 Å². The van der Waals surface area contributed by atoms with Crippen molar-refractivity contribution >= 4 is 52.7 Å². The van der Waals surface area contributed by atoms with Crippen LogP contribution in [0.3, 0.4) is 0 Å². The highest BCUT2D eigenvalue weighted by atomic mass is 28.5. The molecule has 0 aliphatic heterocycles. The van der Waals surface area contributed by atoms with Crippen molar-refractivity contribution in [1.82, 2.24) is 0 Å². The molecule has 0 saturated heterocycles. The van der Waals surface area contributed by atoms with Crippen molar-refractivity contribution in [3.8, 4) is 0 Å². The number of unbranched alkanes of at least 4 members (excludes halogenated alkanes) is 3. The van der Waals surface area contributed by atoms with Gasteiger partial charge in [-0.15, -0.1) is 0 Å². The van der Waals surface area contributed by atoms with Crippen molar-refractivity contribution in [3.63, 3.8) is 0 Å². The van der Waals surface area contributed by atoms with E-state index >= 15 is 0 Å². The molecule has 10 heteroatoms. The number of benzene rings is 2. The van der Waals surface area contributed by atoms with Gasteiger partial charge in [0.05, 0.1) is 0 Å². The van der Waals surface area contributed by atoms with E-state index in [0.29, 0.717) is 0 Å². The fourth-order valence-electron chi connectivity index (χ4n) is 4.86. The lowest BCUT2D eigenvalue weighted by Crippen LogP contribution is -2.72. The van der Waals surface area contributed by atoms with Gasteiger partial charge in [-0.25, -0.2) is 0 Å². The number of rotatable bonds is 16. The summed E-state index contributed by atoms with van der Waals surface area (Å²) in [6.07, 6.45) is 4.43. The highest BCUT2D eigenvalue weighted by Crippen LogP contribution is 2.30. The summed E-state index contributed by atoms with van der Waals surface area (Å²) in [5.74, 6) is 0. The Kier molecular flexibility index (Phi) is 12.0. The van der Waals surface area contributed by atoms with Crippen LogP contribution in [0.15, 0.2) is 60.7 Å². The molecule has 0 fully saturated rings. The third-order valence-corrected chi connectivity index (χ3v) is 23.8. The Labute approximate surface area is 232 Å². The zero-order valence-corrected chi connectivity index (χ0v) is 29.7. The van der Waals surface area contributed by atoms with Gasteiger partial charge >= 0.3 is 25.7 Å². The Morgan fingerprint density at radius 1 is 0.541 bits per heavy atom. The molecule has 1 atom stereocenters. The summed E-state index contributed by atoms with van der Waals surface area (Å²) in [5.41, 5.74) is 5.74. The summed E-state index contributed by atoms with van der Waals surface area (Å²) in [5, 5.41) is 2.23. The van der Waals surface area contributed by atoms with Crippen LogP contribution in [0.25, 0.3) is 0 Å². The van der Waals surface area contributed by atoms with Crippen LogP contribution in [0.1, 0.15) is 25.7 Å². The first-order valence-corrected chi connectivity index (χ1v) is 27.7. The number of hydrogen-bond acceptors (Lipinski definition) is 5. The molecule has 0 aliphatic carbocycles. The zero-order chi connectivity index (χ0) is 27.8. The van der Waals surface area contributed by atoms with Gasteiger partial charge in [0.25, 0.3) is 0 Å². The van der Waals surface area contributed by atoms with Gasteiger partial charge in [0.15, 0.2) is 16.6 Å². The van der Waals surface area contributed by atoms with E-state index in [1.54, 1.807) is 0 Å². The lowest BCUT2D eigenvalue weighted by atomic mass is 10.2. The van der Waals surface area contributed by atoms with Crippen molar-refractivity contribution in [2.24, 2.45) is 5.73 Å². The van der Waals surface area contributed by atoms with E-state index in [1.165, 1.54) is 0 Å². The largest absolute Gasteiger partial charge is 0.437 e. The van der Waals surface area contributed by atoms with E-state index in [1.807, 2.05) is 0 Å². The number of nitrogens with two attached hydrogens (primary N) is 1. The molecule has 1 unspecified atom stereocenters. The van der Waals surface area contributed by atoms with E-state index in [9.17, 15) is 0 Å². The van der Waals surface area contributed by atoms with Crippen LogP contribution in [0, 0.1) is 0 Å². The molecule has 5 nitrogen and oxygen atoms in total. The monoisotopic (exact) mass is 593 g/mol. The van der Waals surface area contributed by atoms with Gasteiger partial charge in [-0.3, -0.25) is 0 Å². The average molecular weight is 594 g/mol.